The number of amides is 1. The minimum atomic E-state index is -0.139. The largest absolute Gasteiger partial charge is 0.326 e. The number of hydrogen-bond donors (Lipinski definition) is 1. The highest BCUT2D eigenvalue weighted by molar-refractivity contribution is 9.10. The van der Waals surface area contributed by atoms with Crippen molar-refractivity contribution in [2.45, 2.75) is 13.0 Å². The van der Waals surface area contributed by atoms with Gasteiger partial charge in [0.2, 0.25) is 5.91 Å². The topological polar surface area (TPSA) is 64.0 Å². The summed E-state index contributed by atoms with van der Waals surface area (Å²) in [7, 11) is 0. The zero-order valence-corrected chi connectivity index (χ0v) is 13.9. The highest BCUT2D eigenvalue weighted by atomic mass is 79.9. The Labute approximate surface area is 138 Å². The number of aromatic nitrogens is 2. The van der Waals surface area contributed by atoms with E-state index in [0.717, 1.165) is 15.0 Å². The molecule has 0 bridgehead atoms. The average molecular weight is 378 g/mol. The summed E-state index contributed by atoms with van der Waals surface area (Å²) >= 11 is 4.77. The molecule has 1 aromatic carbocycles. The first-order chi connectivity index (χ1) is 10.6. The van der Waals surface area contributed by atoms with E-state index in [1.54, 1.807) is 6.07 Å². The fraction of sp³-hybridized carbons (Fsp3) is 0.133. The van der Waals surface area contributed by atoms with Gasteiger partial charge in [-0.1, -0.05) is 15.9 Å². The van der Waals surface area contributed by atoms with Crippen molar-refractivity contribution in [2.75, 3.05) is 5.32 Å². The molecule has 0 spiro atoms. The molecule has 0 atom stereocenters. The SMILES string of the molecule is O=C(CCn1cnc2sccc2c1=O)Nc1ccc(Br)cc1. The summed E-state index contributed by atoms with van der Waals surface area (Å²) in [6.45, 7) is 0.306. The molecule has 1 amide bonds. The van der Waals surface area contributed by atoms with Crippen LogP contribution in [0, 0.1) is 0 Å². The first-order valence-electron chi connectivity index (χ1n) is 6.61. The second-order valence-corrected chi connectivity index (χ2v) is 6.50. The number of nitrogens with zero attached hydrogens (tertiary/aromatic N) is 2. The van der Waals surface area contributed by atoms with Gasteiger partial charge in [0.25, 0.3) is 5.56 Å². The molecule has 0 fully saturated rings. The van der Waals surface area contributed by atoms with Gasteiger partial charge < -0.3 is 5.32 Å². The van der Waals surface area contributed by atoms with E-state index in [1.807, 2.05) is 29.6 Å². The van der Waals surface area contributed by atoms with Crippen LogP contribution >= 0.6 is 27.3 Å². The van der Waals surface area contributed by atoms with Crippen LogP contribution in [0.5, 0.6) is 0 Å². The molecule has 112 valence electrons. The molecule has 0 aliphatic heterocycles. The lowest BCUT2D eigenvalue weighted by Gasteiger charge is -2.07. The predicted molar refractivity (Wildman–Crippen MR) is 91.3 cm³/mol. The van der Waals surface area contributed by atoms with Gasteiger partial charge in [-0.2, -0.15) is 0 Å². The van der Waals surface area contributed by atoms with Crippen LogP contribution in [0.25, 0.3) is 10.2 Å². The molecule has 7 heteroatoms. The number of halogens is 1. The van der Waals surface area contributed by atoms with E-state index in [2.05, 4.69) is 26.2 Å². The van der Waals surface area contributed by atoms with Crippen LogP contribution < -0.4 is 10.9 Å². The van der Waals surface area contributed by atoms with Gasteiger partial charge in [0, 0.05) is 23.1 Å². The van der Waals surface area contributed by atoms with Crippen molar-refractivity contribution in [3.05, 3.63) is 56.9 Å². The Bertz CT molecular complexity index is 870. The normalized spacial score (nSPS) is 10.8. The van der Waals surface area contributed by atoms with Crippen LogP contribution in [0.4, 0.5) is 5.69 Å². The molecule has 0 radical (unpaired) electrons. The van der Waals surface area contributed by atoms with Gasteiger partial charge in [-0.15, -0.1) is 11.3 Å². The van der Waals surface area contributed by atoms with Gasteiger partial charge in [-0.05, 0) is 35.7 Å². The number of anilines is 1. The summed E-state index contributed by atoms with van der Waals surface area (Å²) < 4.78 is 2.42. The minimum absolute atomic E-state index is 0.109. The third-order valence-corrected chi connectivity index (χ3v) is 4.51. The number of rotatable bonds is 4. The van der Waals surface area contributed by atoms with Gasteiger partial charge in [0.15, 0.2) is 0 Å². The smallest absolute Gasteiger partial charge is 0.262 e. The standard InChI is InChI=1S/C15H12BrN3O2S/c16-10-1-3-11(4-2-10)18-13(20)5-7-19-9-17-14-12(15(19)21)6-8-22-14/h1-4,6,8-9H,5,7H2,(H,18,20). The first kappa shape index (κ1) is 14.9. The van der Waals surface area contributed by atoms with Crippen LogP contribution in [0.15, 0.2) is 51.3 Å². The lowest BCUT2D eigenvalue weighted by atomic mass is 10.3. The van der Waals surface area contributed by atoms with Crippen molar-refractivity contribution in [3.63, 3.8) is 0 Å². The van der Waals surface area contributed by atoms with Crippen molar-refractivity contribution in [1.29, 1.82) is 0 Å². The number of hydrogen-bond acceptors (Lipinski definition) is 4. The van der Waals surface area contributed by atoms with Gasteiger partial charge in [0.05, 0.1) is 11.7 Å². The molecule has 3 rings (SSSR count). The van der Waals surface area contributed by atoms with E-state index in [0.29, 0.717) is 11.9 Å². The van der Waals surface area contributed by atoms with Gasteiger partial charge >= 0.3 is 0 Å². The fourth-order valence-corrected chi connectivity index (χ4v) is 3.02. The van der Waals surface area contributed by atoms with Crippen molar-refractivity contribution >= 4 is 49.1 Å². The summed E-state index contributed by atoms with van der Waals surface area (Å²) in [4.78, 5) is 29.1. The Morgan fingerprint density at radius 2 is 2.05 bits per heavy atom. The van der Waals surface area contributed by atoms with Crippen LogP contribution in [0.3, 0.4) is 0 Å². The van der Waals surface area contributed by atoms with Crippen LogP contribution in [0.1, 0.15) is 6.42 Å². The minimum Gasteiger partial charge on any atom is -0.326 e. The highest BCUT2D eigenvalue weighted by Gasteiger charge is 2.07. The molecule has 1 N–H and O–H groups in total. The van der Waals surface area contributed by atoms with E-state index in [4.69, 9.17) is 0 Å². The zero-order chi connectivity index (χ0) is 15.5. The van der Waals surface area contributed by atoms with Crippen molar-refractivity contribution in [1.82, 2.24) is 9.55 Å². The maximum atomic E-state index is 12.2. The quantitative estimate of drug-likeness (QED) is 0.758. The number of fused-ring (bicyclic) bond motifs is 1. The molecule has 5 nitrogen and oxygen atoms in total. The second-order valence-electron chi connectivity index (χ2n) is 4.69. The Balaban J connectivity index is 1.66. The van der Waals surface area contributed by atoms with E-state index in [1.165, 1.54) is 22.2 Å². The molecule has 0 saturated carbocycles. The van der Waals surface area contributed by atoms with E-state index in [9.17, 15) is 9.59 Å². The number of nitrogens with one attached hydrogen (secondary N) is 1. The third kappa shape index (κ3) is 3.26. The summed E-state index contributed by atoms with van der Waals surface area (Å²) in [5.41, 5.74) is 0.620. The number of aryl methyl sites for hydroxylation is 1. The van der Waals surface area contributed by atoms with Crippen molar-refractivity contribution in [3.8, 4) is 0 Å². The molecular weight excluding hydrogens is 366 g/mol. The first-order valence-corrected chi connectivity index (χ1v) is 8.29. The molecule has 0 aliphatic rings. The summed E-state index contributed by atoms with van der Waals surface area (Å²) in [5, 5.41) is 5.23. The van der Waals surface area contributed by atoms with Crippen LogP contribution in [-0.4, -0.2) is 15.5 Å². The summed E-state index contributed by atoms with van der Waals surface area (Å²) in [5.74, 6) is -0.139. The lowest BCUT2D eigenvalue weighted by Crippen LogP contribution is -2.23. The van der Waals surface area contributed by atoms with E-state index in [-0.39, 0.29) is 17.9 Å². The summed E-state index contributed by atoms with van der Waals surface area (Å²) in [6.07, 6.45) is 1.71. The molecule has 2 heterocycles. The Morgan fingerprint density at radius 3 is 2.82 bits per heavy atom. The molecule has 0 unspecified atom stereocenters. The average Bonchev–Trinajstić information content (AvgIpc) is 2.98. The predicted octanol–water partition coefficient (Wildman–Crippen LogP) is 3.25. The van der Waals surface area contributed by atoms with E-state index < -0.39 is 0 Å². The maximum absolute atomic E-state index is 12.2. The fourth-order valence-electron chi connectivity index (χ4n) is 2.03. The number of carbonyl (C=O) groups excluding carboxylic acids is 1. The molecule has 3 aromatic rings. The van der Waals surface area contributed by atoms with Gasteiger partial charge in [-0.3, -0.25) is 14.2 Å². The number of carbonyl (C=O) groups is 1. The van der Waals surface area contributed by atoms with Crippen molar-refractivity contribution in [2.24, 2.45) is 0 Å². The number of thiophene rings is 1. The zero-order valence-electron chi connectivity index (χ0n) is 11.5. The van der Waals surface area contributed by atoms with Crippen LogP contribution in [0.2, 0.25) is 0 Å². The van der Waals surface area contributed by atoms with Crippen molar-refractivity contribution < 1.29 is 4.79 Å². The summed E-state index contributed by atoms with van der Waals surface area (Å²) in [6, 6.07) is 9.09. The van der Waals surface area contributed by atoms with Gasteiger partial charge in [-0.25, -0.2) is 4.98 Å². The molecule has 0 saturated heterocycles. The molecule has 22 heavy (non-hydrogen) atoms. The maximum Gasteiger partial charge on any atom is 0.262 e. The molecular formula is C15H12BrN3O2S. The third-order valence-electron chi connectivity index (χ3n) is 3.16. The highest BCUT2D eigenvalue weighted by Crippen LogP contribution is 2.15. The van der Waals surface area contributed by atoms with Crippen LogP contribution in [-0.2, 0) is 11.3 Å². The lowest BCUT2D eigenvalue weighted by molar-refractivity contribution is -0.116. The van der Waals surface area contributed by atoms with E-state index >= 15 is 0 Å². The Hall–Kier alpha value is -1.99. The van der Waals surface area contributed by atoms with Gasteiger partial charge in [0.1, 0.15) is 4.83 Å². The molecule has 0 aliphatic carbocycles. The Kier molecular flexibility index (Phi) is 4.35. The Morgan fingerprint density at radius 1 is 1.27 bits per heavy atom. The molecule has 2 aromatic heterocycles. The second kappa shape index (κ2) is 6.41. The number of benzene rings is 1. The monoisotopic (exact) mass is 377 g/mol.